The number of pyridine rings is 1. The maximum Gasteiger partial charge on any atom is 0.224 e. The van der Waals surface area contributed by atoms with E-state index in [2.05, 4.69) is 42.9 Å². The van der Waals surface area contributed by atoms with Gasteiger partial charge in [0, 0.05) is 6.20 Å². The molecule has 0 aliphatic carbocycles. The SMILES string of the molecule is Nc1cccc(Nc2nc(Cl)ncc2I)n1. The van der Waals surface area contributed by atoms with E-state index in [0.29, 0.717) is 17.5 Å². The van der Waals surface area contributed by atoms with Crippen molar-refractivity contribution in [1.82, 2.24) is 15.0 Å². The maximum atomic E-state index is 5.70. The third-order valence-electron chi connectivity index (χ3n) is 1.73. The van der Waals surface area contributed by atoms with E-state index in [1.54, 1.807) is 24.4 Å². The average Bonchev–Trinajstić information content (AvgIpc) is 2.24. The fourth-order valence-corrected chi connectivity index (χ4v) is 1.60. The number of hydrogen-bond acceptors (Lipinski definition) is 5. The zero-order valence-corrected chi connectivity index (χ0v) is 10.9. The maximum absolute atomic E-state index is 5.70. The lowest BCUT2D eigenvalue weighted by atomic mass is 10.4. The highest BCUT2D eigenvalue weighted by Gasteiger charge is 2.04. The van der Waals surface area contributed by atoms with E-state index in [-0.39, 0.29) is 5.28 Å². The minimum Gasteiger partial charge on any atom is -0.384 e. The minimum absolute atomic E-state index is 0.187. The molecule has 0 aromatic carbocycles. The van der Waals surface area contributed by atoms with Gasteiger partial charge in [0.05, 0.1) is 3.57 Å². The van der Waals surface area contributed by atoms with Crippen molar-refractivity contribution in [3.8, 4) is 0 Å². The number of halogens is 2. The molecule has 0 bridgehead atoms. The Labute approximate surface area is 111 Å². The van der Waals surface area contributed by atoms with Crippen LogP contribution >= 0.6 is 34.2 Å². The van der Waals surface area contributed by atoms with Crippen LogP contribution in [0.4, 0.5) is 17.5 Å². The molecule has 7 heteroatoms. The van der Waals surface area contributed by atoms with E-state index >= 15 is 0 Å². The number of aromatic nitrogens is 3. The standard InChI is InChI=1S/C9H7ClIN5/c10-9-13-4-5(11)8(16-9)15-7-3-1-2-6(12)14-7/h1-4H,(H3,12,13,14,15,16). The molecule has 0 saturated heterocycles. The smallest absolute Gasteiger partial charge is 0.224 e. The second-order valence-corrected chi connectivity index (χ2v) is 4.41. The lowest BCUT2D eigenvalue weighted by molar-refractivity contribution is 1.14. The summed E-state index contributed by atoms with van der Waals surface area (Å²) in [5, 5.41) is 3.21. The summed E-state index contributed by atoms with van der Waals surface area (Å²) in [6.07, 6.45) is 1.63. The van der Waals surface area contributed by atoms with Crippen LogP contribution in [-0.2, 0) is 0 Å². The number of nitrogen functional groups attached to an aromatic ring is 1. The number of anilines is 3. The Kier molecular flexibility index (Phi) is 3.39. The van der Waals surface area contributed by atoms with Crippen LogP contribution in [0.2, 0.25) is 5.28 Å². The van der Waals surface area contributed by atoms with E-state index in [9.17, 15) is 0 Å². The zero-order valence-electron chi connectivity index (χ0n) is 7.98. The van der Waals surface area contributed by atoms with Gasteiger partial charge in [0.2, 0.25) is 5.28 Å². The normalized spacial score (nSPS) is 10.1. The first-order valence-corrected chi connectivity index (χ1v) is 5.78. The van der Waals surface area contributed by atoms with E-state index < -0.39 is 0 Å². The van der Waals surface area contributed by atoms with Crippen LogP contribution in [0.1, 0.15) is 0 Å². The van der Waals surface area contributed by atoms with Gasteiger partial charge in [-0.15, -0.1) is 0 Å². The molecule has 2 aromatic rings. The summed E-state index contributed by atoms with van der Waals surface area (Å²) in [7, 11) is 0. The van der Waals surface area contributed by atoms with E-state index in [1.807, 2.05) is 0 Å². The molecular weight excluding hydrogens is 340 g/mol. The monoisotopic (exact) mass is 347 g/mol. The second-order valence-electron chi connectivity index (χ2n) is 2.91. The molecule has 2 heterocycles. The number of rotatable bonds is 2. The highest BCUT2D eigenvalue weighted by Crippen LogP contribution is 2.20. The van der Waals surface area contributed by atoms with Gasteiger partial charge in [-0.2, -0.15) is 4.98 Å². The predicted molar refractivity (Wildman–Crippen MR) is 71.7 cm³/mol. The van der Waals surface area contributed by atoms with Crippen LogP contribution in [0.15, 0.2) is 24.4 Å². The molecule has 82 valence electrons. The molecule has 0 aliphatic rings. The average molecular weight is 348 g/mol. The first-order chi connectivity index (χ1) is 7.65. The van der Waals surface area contributed by atoms with Gasteiger partial charge in [0.15, 0.2) is 0 Å². The van der Waals surface area contributed by atoms with E-state index in [0.717, 1.165) is 3.57 Å². The molecule has 16 heavy (non-hydrogen) atoms. The van der Waals surface area contributed by atoms with Crippen molar-refractivity contribution in [1.29, 1.82) is 0 Å². The van der Waals surface area contributed by atoms with Crippen molar-refractivity contribution >= 4 is 51.6 Å². The second kappa shape index (κ2) is 4.79. The molecule has 0 spiro atoms. The molecule has 3 N–H and O–H groups in total. The summed E-state index contributed by atoms with van der Waals surface area (Å²) in [5.41, 5.74) is 5.57. The lowest BCUT2D eigenvalue weighted by Gasteiger charge is -2.06. The molecule has 0 radical (unpaired) electrons. The van der Waals surface area contributed by atoms with Crippen LogP contribution in [0.25, 0.3) is 0 Å². The third kappa shape index (κ3) is 2.70. The lowest BCUT2D eigenvalue weighted by Crippen LogP contribution is -2.01. The van der Waals surface area contributed by atoms with Gasteiger partial charge in [0.25, 0.3) is 0 Å². The highest BCUT2D eigenvalue weighted by molar-refractivity contribution is 14.1. The van der Waals surface area contributed by atoms with Crippen LogP contribution in [-0.4, -0.2) is 15.0 Å². The van der Waals surface area contributed by atoms with Crippen molar-refractivity contribution in [2.45, 2.75) is 0 Å². The van der Waals surface area contributed by atoms with Crippen LogP contribution in [0.5, 0.6) is 0 Å². The van der Waals surface area contributed by atoms with E-state index in [1.165, 1.54) is 0 Å². The Bertz CT molecular complexity index is 519. The van der Waals surface area contributed by atoms with Gasteiger partial charge < -0.3 is 11.1 Å². The van der Waals surface area contributed by atoms with Gasteiger partial charge in [0.1, 0.15) is 17.5 Å². The topological polar surface area (TPSA) is 76.7 Å². The zero-order chi connectivity index (χ0) is 11.5. The summed E-state index contributed by atoms with van der Waals surface area (Å²) >= 11 is 7.81. The van der Waals surface area contributed by atoms with Gasteiger partial charge in [-0.1, -0.05) is 6.07 Å². The molecule has 0 unspecified atom stereocenters. The molecule has 0 saturated carbocycles. The Hall–Kier alpha value is -1.15. The molecule has 0 atom stereocenters. The third-order valence-corrected chi connectivity index (χ3v) is 2.70. The summed E-state index contributed by atoms with van der Waals surface area (Å²) in [5.74, 6) is 1.67. The van der Waals surface area contributed by atoms with Crippen LogP contribution < -0.4 is 11.1 Å². The minimum atomic E-state index is 0.187. The van der Waals surface area contributed by atoms with Gasteiger partial charge in [-0.25, -0.2) is 9.97 Å². The quantitative estimate of drug-likeness (QED) is 0.644. The molecule has 0 aliphatic heterocycles. The van der Waals surface area contributed by atoms with Crippen LogP contribution in [0.3, 0.4) is 0 Å². The van der Waals surface area contributed by atoms with Crippen molar-refractivity contribution < 1.29 is 0 Å². The van der Waals surface area contributed by atoms with Crippen molar-refractivity contribution in [2.75, 3.05) is 11.1 Å². The fraction of sp³-hybridized carbons (Fsp3) is 0. The number of nitrogens with zero attached hydrogens (tertiary/aromatic N) is 3. The molecule has 0 amide bonds. The molecule has 0 fully saturated rings. The van der Waals surface area contributed by atoms with Crippen molar-refractivity contribution in [3.05, 3.63) is 33.2 Å². The van der Waals surface area contributed by atoms with Gasteiger partial charge in [-0.3, -0.25) is 0 Å². The number of nitrogens with two attached hydrogens (primary N) is 1. The summed E-state index contributed by atoms with van der Waals surface area (Å²) in [6.45, 7) is 0. The van der Waals surface area contributed by atoms with E-state index in [4.69, 9.17) is 17.3 Å². The van der Waals surface area contributed by atoms with Crippen LogP contribution in [0, 0.1) is 3.57 Å². The Morgan fingerprint density at radius 2 is 2.12 bits per heavy atom. The molecule has 5 nitrogen and oxygen atoms in total. The first kappa shape index (κ1) is 11.3. The van der Waals surface area contributed by atoms with Crippen molar-refractivity contribution in [3.63, 3.8) is 0 Å². The highest BCUT2D eigenvalue weighted by atomic mass is 127. The first-order valence-electron chi connectivity index (χ1n) is 4.33. The number of nitrogens with one attached hydrogen (secondary N) is 1. The molecular formula is C9H7ClIN5. The largest absolute Gasteiger partial charge is 0.384 e. The fourth-order valence-electron chi connectivity index (χ4n) is 1.08. The molecule has 2 rings (SSSR count). The Morgan fingerprint density at radius 3 is 2.88 bits per heavy atom. The Morgan fingerprint density at radius 1 is 1.31 bits per heavy atom. The number of hydrogen-bond donors (Lipinski definition) is 2. The summed E-state index contributed by atoms with van der Waals surface area (Å²) in [4.78, 5) is 12.0. The molecule has 2 aromatic heterocycles. The summed E-state index contributed by atoms with van der Waals surface area (Å²) < 4.78 is 0.853. The Balaban J connectivity index is 2.30. The van der Waals surface area contributed by atoms with Crippen molar-refractivity contribution in [2.24, 2.45) is 0 Å². The predicted octanol–water partition coefficient (Wildman–Crippen LogP) is 2.46. The van der Waals surface area contributed by atoms with Gasteiger partial charge >= 0.3 is 0 Å². The summed E-state index contributed by atoms with van der Waals surface area (Å²) in [6, 6.07) is 5.31. The van der Waals surface area contributed by atoms with Gasteiger partial charge in [-0.05, 0) is 46.3 Å².